The Morgan fingerprint density at radius 2 is 1.83 bits per heavy atom. The van der Waals surface area contributed by atoms with Crippen LogP contribution in [0.25, 0.3) is 16.8 Å². The van der Waals surface area contributed by atoms with Crippen LogP contribution >= 0.6 is 0 Å². The van der Waals surface area contributed by atoms with Crippen LogP contribution in [0, 0.1) is 0 Å². The number of aldehydes is 1. The molecule has 0 amide bonds. The van der Waals surface area contributed by atoms with Gasteiger partial charge in [-0.25, -0.2) is 14.5 Å². The van der Waals surface area contributed by atoms with Gasteiger partial charge in [0.15, 0.2) is 5.65 Å². The van der Waals surface area contributed by atoms with E-state index in [9.17, 15) is 13.2 Å². The highest BCUT2D eigenvalue weighted by atomic mass is 19.4. The summed E-state index contributed by atoms with van der Waals surface area (Å²) in [6.07, 6.45) is 0.732. The number of rotatable bonds is 2. The Labute approximate surface area is 165 Å². The molecule has 0 radical (unpaired) electrons. The van der Waals surface area contributed by atoms with Crippen molar-refractivity contribution in [3.05, 3.63) is 42.5 Å². The van der Waals surface area contributed by atoms with E-state index in [2.05, 4.69) is 31.9 Å². The van der Waals surface area contributed by atoms with Gasteiger partial charge in [0.25, 0.3) is 0 Å². The summed E-state index contributed by atoms with van der Waals surface area (Å²) in [5.41, 5.74) is 0.542. The number of piperazine rings is 1. The number of pyridine rings is 1. The Morgan fingerprint density at radius 3 is 2.48 bits per heavy atom. The molecule has 3 aromatic rings. The van der Waals surface area contributed by atoms with Gasteiger partial charge in [-0.2, -0.15) is 18.3 Å². The second-order valence-electron chi connectivity index (χ2n) is 6.57. The summed E-state index contributed by atoms with van der Waals surface area (Å²) in [4.78, 5) is 21.4. The van der Waals surface area contributed by atoms with E-state index in [4.69, 9.17) is 4.79 Å². The lowest BCUT2D eigenvalue weighted by Gasteiger charge is -2.33. The second kappa shape index (κ2) is 8.56. The maximum Gasteiger partial charge on any atom is 0.433 e. The Kier molecular flexibility index (Phi) is 6.12. The van der Waals surface area contributed by atoms with E-state index in [0.717, 1.165) is 49.9 Å². The van der Waals surface area contributed by atoms with Gasteiger partial charge >= 0.3 is 6.18 Å². The average molecular weight is 406 g/mol. The fourth-order valence-electron chi connectivity index (χ4n) is 3.02. The first kappa shape index (κ1) is 20.7. The predicted octanol–water partition coefficient (Wildman–Crippen LogP) is 2.77. The van der Waals surface area contributed by atoms with E-state index in [-0.39, 0.29) is 5.65 Å². The molecule has 0 saturated carbocycles. The van der Waals surface area contributed by atoms with Gasteiger partial charge in [0.2, 0.25) is 0 Å². The van der Waals surface area contributed by atoms with Crippen molar-refractivity contribution in [1.82, 2.24) is 24.5 Å². The first-order valence-corrected chi connectivity index (χ1v) is 9.04. The topological polar surface area (TPSA) is 66.6 Å². The highest BCUT2D eigenvalue weighted by Gasteiger charge is 2.33. The van der Waals surface area contributed by atoms with Crippen LogP contribution in [0.15, 0.2) is 36.8 Å². The summed E-state index contributed by atoms with van der Waals surface area (Å²) >= 11 is 0. The van der Waals surface area contributed by atoms with Crippen LogP contribution in [0.3, 0.4) is 0 Å². The SMILES string of the molecule is CC=O.CN1CCN(c2cc(-c3cnn4ccc(C(F)(F)F)nc34)ccn2)CC1. The van der Waals surface area contributed by atoms with Gasteiger partial charge in [-0.3, -0.25) is 0 Å². The first-order chi connectivity index (χ1) is 13.8. The van der Waals surface area contributed by atoms with E-state index < -0.39 is 11.9 Å². The van der Waals surface area contributed by atoms with Crippen molar-refractivity contribution >= 4 is 17.8 Å². The molecule has 3 aromatic heterocycles. The summed E-state index contributed by atoms with van der Waals surface area (Å²) < 4.78 is 40.3. The molecule has 0 bridgehead atoms. The lowest BCUT2D eigenvalue weighted by atomic mass is 10.1. The number of halogens is 3. The fraction of sp³-hybridized carbons (Fsp3) is 0.368. The number of hydrogen-bond donors (Lipinski definition) is 0. The number of carbonyl (C=O) groups is 1. The standard InChI is InChI=1S/C17H17F3N6.C2H4O/c1-24-6-8-25(9-7-24)15-10-12(2-4-21-15)13-11-22-26-5-3-14(17(18,19)20)23-16(13)26;1-2-3/h2-5,10-11H,6-9H2,1H3;2H,1H3. The van der Waals surface area contributed by atoms with Crippen LogP contribution < -0.4 is 4.90 Å². The molecule has 0 aliphatic carbocycles. The zero-order valence-electron chi connectivity index (χ0n) is 16.1. The van der Waals surface area contributed by atoms with Crippen LogP contribution in [0.5, 0.6) is 0 Å². The quantitative estimate of drug-likeness (QED) is 0.610. The molecule has 1 aliphatic rings. The van der Waals surface area contributed by atoms with E-state index in [0.29, 0.717) is 5.56 Å². The maximum atomic E-state index is 13.0. The van der Waals surface area contributed by atoms with Crippen molar-refractivity contribution in [2.24, 2.45) is 0 Å². The predicted molar refractivity (Wildman–Crippen MR) is 103 cm³/mol. The van der Waals surface area contributed by atoms with Crippen molar-refractivity contribution in [1.29, 1.82) is 0 Å². The van der Waals surface area contributed by atoms with Gasteiger partial charge in [0, 0.05) is 44.1 Å². The summed E-state index contributed by atoms with van der Waals surface area (Å²) in [5, 5.41) is 4.12. The molecule has 0 aromatic carbocycles. The molecule has 29 heavy (non-hydrogen) atoms. The van der Waals surface area contributed by atoms with Crippen LogP contribution in [0.1, 0.15) is 12.6 Å². The van der Waals surface area contributed by atoms with Gasteiger partial charge < -0.3 is 14.6 Å². The van der Waals surface area contributed by atoms with E-state index in [1.54, 1.807) is 12.3 Å². The summed E-state index contributed by atoms with van der Waals surface area (Å²) in [7, 11) is 2.07. The Bertz CT molecular complexity index is 979. The van der Waals surface area contributed by atoms with E-state index >= 15 is 0 Å². The molecular formula is C19H21F3N6O. The zero-order chi connectivity index (χ0) is 21.0. The molecular weight excluding hydrogens is 385 g/mol. The van der Waals surface area contributed by atoms with E-state index in [1.165, 1.54) is 23.8 Å². The number of likely N-dealkylation sites (N-methyl/N-ethyl adjacent to an activating group) is 1. The molecule has 1 aliphatic heterocycles. The van der Waals surface area contributed by atoms with Crippen LogP contribution in [-0.4, -0.2) is 64.0 Å². The largest absolute Gasteiger partial charge is 0.433 e. The number of carbonyl (C=O) groups excluding carboxylic acids is 1. The molecule has 1 fully saturated rings. The fourth-order valence-corrected chi connectivity index (χ4v) is 3.02. The highest BCUT2D eigenvalue weighted by molar-refractivity contribution is 5.78. The number of hydrogen-bond acceptors (Lipinski definition) is 6. The molecule has 0 atom stereocenters. The maximum absolute atomic E-state index is 13.0. The molecule has 154 valence electrons. The third-order valence-corrected chi connectivity index (χ3v) is 4.54. The number of aromatic nitrogens is 4. The molecule has 0 spiro atoms. The van der Waals surface area contributed by atoms with Crippen molar-refractivity contribution < 1.29 is 18.0 Å². The second-order valence-corrected chi connectivity index (χ2v) is 6.57. The minimum atomic E-state index is -4.49. The summed E-state index contributed by atoms with van der Waals surface area (Å²) in [5.74, 6) is 0.807. The lowest BCUT2D eigenvalue weighted by Crippen LogP contribution is -2.44. The van der Waals surface area contributed by atoms with Gasteiger partial charge in [-0.15, -0.1) is 0 Å². The molecule has 4 rings (SSSR count). The van der Waals surface area contributed by atoms with Crippen molar-refractivity contribution in [3.8, 4) is 11.1 Å². The van der Waals surface area contributed by atoms with Crippen LogP contribution in [-0.2, 0) is 11.0 Å². The smallest absolute Gasteiger partial charge is 0.354 e. The number of nitrogens with zero attached hydrogens (tertiary/aromatic N) is 6. The third kappa shape index (κ3) is 4.70. The first-order valence-electron chi connectivity index (χ1n) is 9.04. The Balaban J connectivity index is 0.000000755. The minimum absolute atomic E-state index is 0.176. The Morgan fingerprint density at radius 1 is 1.14 bits per heavy atom. The number of anilines is 1. The number of fused-ring (bicyclic) bond motifs is 1. The van der Waals surface area contributed by atoms with Crippen LogP contribution in [0.4, 0.5) is 19.0 Å². The highest BCUT2D eigenvalue weighted by Crippen LogP contribution is 2.31. The van der Waals surface area contributed by atoms with E-state index in [1.807, 2.05) is 6.07 Å². The van der Waals surface area contributed by atoms with Gasteiger partial charge in [-0.05, 0) is 37.7 Å². The molecule has 7 nitrogen and oxygen atoms in total. The molecule has 4 heterocycles. The number of alkyl halides is 3. The monoisotopic (exact) mass is 406 g/mol. The average Bonchev–Trinajstić information content (AvgIpc) is 3.12. The summed E-state index contributed by atoms with van der Waals surface area (Å²) in [6, 6.07) is 4.56. The third-order valence-electron chi connectivity index (χ3n) is 4.54. The van der Waals surface area contributed by atoms with Crippen LogP contribution in [0.2, 0.25) is 0 Å². The van der Waals surface area contributed by atoms with Gasteiger partial charge in [0.05, 0.1) is 6.20 Å². The molecule has 0 unspecified atom stereocenters. The van der Waals surface area contributed by atoms with Crippen molar-refractivity contribution in [2.75, 3.05) is 38.1 Å². The summed E-state index contributed by atoms with van der Waals surface area (Å²) in [6.45, 7) is 5.05. The van der Waals surface area contributed by atoms with Gasteiger partial charge in [-0.1, -0.05) is 0 Å². The molecule has 1 saturated heterocycles. The van der Waals surface area contributed by atoms with Gasteiger partial charge in [0.1, 0.15) is 17.8 Å². The normalized spacial score (nSPS) is 15.1. The zero-order valence-corrected chi connectivity index (χ0v) is 16.1. The van der Waals surface area contributed by atoms with Crippen molar-refractivity contribution in [3.63, 3.8) is 0 Å². The lowest BCUT2D eigenvalue weighted by molar-refractivity contribution is -0.141. The Hall–Kier alpha value is -3.01. The molecule has 10 heteroatoms. The minimum Gasteiger partial charge on any atom is -0.354 e. The van der Waals surface area contributed by atoms with Crippen molar-refractivity contribution in [2.45, 2.75) is 13.1 Å². The molecule has 0 N–H and O–H groups in total.